The van der Waals surface area contributed by atoms with Gasteiger partial charge < -0.3 is 4.57 Å². The molecule has 3 aromatic carbocycles. The highest BCUT2D eigenvalue weighted by Crippen LogP contribution is 2.22. The van der Waals surface area contributed by atoms with Gasteiger partial charge in [0.25, 0.3) is 0 Å². The number of hydrogen-bond acceptors (Lipinski definition) is 4. The summed E-state index contributed by atoms with van der Waals surface area (Å²) in [6, 6.07) is 25.3. The molecule has 29 heavy (non-hydrogen) atoms. The van der Waals surface area contributed by atoms with Crippen LogP contribution in [-0.4, -0.2) is 24.6 Å². The zero-order valence-corrected chi connectivity index (χ0v) is 17.2. The smallest absolute Gasteiger partial charge is 0.328 e. The van der Waals surface area contributed by atoms with Gasteiger partial charge in [0.05, 0.1) is 12.8 Å². The Kier molecular flexibility index (Phi) is 6.12. The maximum Gasteiger partial charge on any atom is 0.397 e. The Morgan fingerprint density at radius 2 is 1.48 bits per heavy atom. The van der Waals surface area contributed by atoms with Crippen LogP contribution in [0.4, 0.5) is 5.69 Å². The third-order valence-corrected chi connectivity index (χ3v) is 4.91. The molecule has 4 rings (SSSR count). The van der Waals surface area contributed by atoms with Crippen molar-refractivity contribution >= 4 is 37.8 Å². The van der Waals surface area contributed by atoms with Crippen molar-refractivity contribution in [3.63, 3.8) is 0 Å². The van der Waals surface area contributed by atoms with Gasteiger partial charge in [-0.05, 0) is 36.1 Å². The predicted octanol–water partition coefficient (Wildman–Crippen LogP) is 4.31. The van der Waals surface area contributed by atoms with Crippen LogP contribution < -0.4 is 5.49 Å². The Morgan fingerprint density at radius 1 is 0.897 bits per heavy atom. The van der Waals surface area contributed by atoms with Gasteiger partial charge in [0.1, 0.15) is 5.49 Å². The minimum absolute atomic E-state index is 0.870. The van der Waals surface area contributed by atoms with Crippen LogP contribution in [0.15, 0.2) is 77.8 Å². The maximum absolute atomic E-state index is 9.33. The van der Waals surface area contributed by atoms with Gasteiger partial charge >= 0.3 is 10.4 Å². The average molecular weight is 410 g/mol. The molecule has 150 valence electrons. The SMILES string of the molecule is COS(=O)(=O)O.Cc1cccc(N=c2c3ccccc3c3ccccc3n2C)c1. The number of pyridine rings is 1. The first-order valence-electron chi connectivity index (χ1n) is 8.91. The molecular formula is C22H22N2O4S. The Balaban J connectivity index is 0.000000353. The molecule has 0 fully saturated rings. The Hall–Kier alpha value is -3.00. The molecule has 0 radical (unpaired) electrons. The Labute approximate surface area is 169 Å². The molecule has 0 saturated carbocycles. The molecule has 0 amide bonds. The molecule has 0 aliphatic carbocycles. The summed E-state index contributed by atoms with van der Waals surface area (Å²) >= 11 is 0. The minimum Gasteiger partial charge on any atom is -0.328 e. The van der Waals surface area contributed by atoms with Crippen molar-refractivity contribution in [3.05, 3.63) is 83.8 Å². The molecule has 7 heteroatoms. The fourth-order valence-electron chi connectivity index (χ4n) is 3.16. The largest absolute Gasteiger partial charge is 0.397 e. The molecule has 0 unspecified atom stereocenters. The molecule has 0 aliphatic heterocycles. The number of para-hydroxylation sites is 1. The first-order valence-corrected chi connectivity index (χ1v) is 10.3. The van der Waals surface area contributed by atoms with Crippen LogP contribution in [0.5, 0.6) is 0 Å². The second-order valence-electron chi connectivity index (χ2n) is 6.49. The lowest BCUT2D eigenvalue weighted by atomic mass is 10.1. The molecule has 1 N–H and O–H groups in total. The van der Waals surface area contributed by atoms with Crippen molar-refractivity contribution in [2.45, 2.75) is 6.92 Å². The third kappa shape index (κ3) is 4.89. The van der Waals surface area contributed by atoms with Crippen LogP contribution >= 0.6 is 0 Å². The molecule has 0 atom stereocenters. The van der Waals surface area contributed by atoms with Gasteiger partial charge in [-0.2, -0.15) is 8.42 Å². The van der Waals surface area contributed by atoms with Crippen LogP contribution in [-0.2, 0) is 21.6 Å². The lowest BCUT2D eigenvalue weighted by molar-refractivity contribution is 0.324. The van der Waals surface area contributed by atoms with Crippen LogP contribution in [0.3, 0.4) is 0 Å². The monoisotopic (exact) mass is 410 g/mol. The van der Waals surface area contributed by atoms with Crippen LogP contribution in [0, 0.1) is 6.92 Å². The van der Waals surface area contributed by atoms with Crippen molar-refractivity contribution in [2.24, 2.45) is 12.0 Å². The molecule has 4 aromatic rings. The molecule has 1 aromatic heterocycles. The van der Waals surface area contributed by atoms with E-state index in [-0.39, 0.29) is 0 Å². The second kappa shape index (κ2) is 8.57. The van der Waals surface area contributed by atoms with E-state index in [1.54, 1.807) is 0 Å². The molecular weight excluding hydrogens is 388 g/mol. The zero-order valence-electron chi connectivity index (χ0n) is 16.4. The summed E-state index contributed by atoms with van der Waals surface area (Å²) < 4.78 is 31.9. The number of rotatable bonds is 2. The summed E-state index contributed by atoms with van der Waals surface area (Å²) in [4.78, 5) is 4.94. The molecule has 1 heterocycles. The number of nitrogens with zero attached hydrogens (tertiary/aromatic N) is 2. The normalized spacial score (nSPS) is 12.1. The molecule has 0 aliphatic rings. The van der Waals surface area contributed by atoms with E-state index < -0.39 is 10.4 Å². The van der Waals surface area contributed by atoms with E-state index in [2.05, 4.69) is 95.5 Å². The predicted molar refractivity (Wildman–Crippen MR) is 115 cm³/mol. The molecule has 0 spiro atoms. The highest BCUT2D eigenvalue weighted by Gasteiger charge is 2.06. The molecule has 6 nitrogen and oxygen atoms in total. The zero-order chi connectivity index (χ0) is 21.0. The topological polar surface area (TPSA) is 80.9 Å². The van der Waals surface area contributed by atoms with E-state index in [0.29, 0.717) is 0 Å². The Bertz CT molecular complexity index is 1340. The molecule has 0 bridgehead atoms. The van der Waals surface area contributed by atoms with Gasteiger partial charge in [0.2, 0.25) is 0 Å². The van der Waals surface area contributed by atoms with Gasteiger partial charge in [0, 0.05) is 23.3 Å². The van der Waals surface area contributed by atoms with Gasteiger partial charge in [-0.3, -0.25) is 8.74 Å². The minimum atomic E-state index is -4.16. The van der Waals surface area contributed by atoms with Crippen LogP contribution in [0.25, 0.3) is 21.7 Å². The summed E-state index contributed by atoms with van der Waals surface area (Å²) in [5.41, 5.74) is 4.39. The fourth-order valence-corrected chi connectivity index (χ4v) is 3.16. The van der Waals surface area contributed by atoms with Gasteiger partial charge in [-0.15, -0.1) is 0 Å². The lowest BCUT2D eigenvalue weighted by Crippen LogP contribution is -2.19. The van der Waals surface area contributed by atoms with Crippen molar-refractivity contribution in [1.29, 1.82) is 0 Å². The van der Waals surface area contributed by atoms with Crippen molar-refractivity contribution in [3.8, 4) is 0 Å². The van der Waals surface area contributed by atoms with E-state index in [1.807, 2.05) is 0 Å². The Morgan fingerprint density at radius 3 is 2.10 bits per heavy atom. The highest BCUT2D eigenvalue weighted by atomic mass is 32.3. The van der Waals surface area contributed by atoms with Crippen molar-refractivity contribution in [1.82, 2.24) is 4.57 Å². The van der Waals surface area contributed by atoms with Gasteiger partial charge in [0.15, 0.2) is 0 Å². The maximum atomic E-state index is 9.33. The van der Waals surface area contributed by atoms with E-state index in [0.717, 1.165) is 18.3 Å². The van der Waals surface area contributed by atoms with Gasteiger partial charge in [-0.1, -0.05) is 54.6 Å². The second-order valence-corrected chi connectivity index (χ2v) is 7.68. The van der Waals surface area contributed by atoms with E-state index >= 15 is 0 Å². The number of fused-ring (bicyclic) bond motifs is 3. The number of hydrogen-bond donors (Lipinski definition) is 1. The van der Waals surface area contributed by atoms with Crippen LogP contribution in [0.2, 0.25) is 0 Å². The third-order valence-electron chi connectivity index (χ3n) is 4.49. The van der Waals surface area contributed by atoms with Crippen molar-refractivity contribution < 1.29 is 17.2 Å². The summed E-state index contributed by atoms with van der Waals surface area (Å²) in [6.45, 7) is 2.09. The number of aryl methyl sites for hydroxylation is 2. The highest BCUT2D eigenvalue weighted by molar-refractivity contribution is 7.80. The van der Waals surface area contributed by atoms with Crippen molar-refractivity contribution in [2.75, 3.05) is 7.11 Å². The summed E-state index contributed by atoms with van der Waals surface area (Å²) in [7, 11) is -1.20. The lowest BCUT2D eigenvalue weighted by Gasteiger charge is -2.11. The van der Waals surface area contributed by atoms with Gasteiger partial charge in [-0.25, -0.2) is 4.99 Å². The summed E-state index contributed by atoms with van der Waals surface area (Å²) in [6.07, 6.45) is 0. The first-order chi connectivity index (χ1) is 13.8. The van der Waals surface area contributed by atoms with E-state index in [9.17, 15) is 8.42 Å². The van der Waals surface area contributed by atoms with Crippen LogP contribution in [0.1, 0.15) is 5.56 Å². The first kappa shape index (κ1) is 20.7. The van der Waals surface area contributed by atoms with E-state index in [4.69, 9.17) is 9.55 Å². The molecule has 0 saturated heterocycles. The summed E-state index contributed by atoms with van der Waals surface area (Å²) in [5, 5.41) is 3.68. The number of benzene rings is 3. The number of aromatic nitrogens is 1. The quantitative estimate of drug-likeness (QED) is 0.394. The standard InChI is InChI=1S/C21H18N2.CH4O4S/c1-15-8-7-9-16(14-15)22-21-19-12-4-3-10-17(19)18-11-5-6-13-20(18)23(21)2;1-5-6(2,3)4/h3-14H,1-2H3;1H3,(H,2,3,4). The van der Waals surface area contributed by atoms with E-state index in [1.165, 1.54) is 27.2 Å². The fraction of sp³-hybridized carbons (Fsp3) is 0.136. The average Bonchev–Trinajstić information content (AvgIpc) is 2.71. The summed E-state index contributed by atoms with van der Waals surface area (Å²) in [5.74, 6) is 0.